The summed E-state index contributed by atoms with van der Waals surface area (Å²) in [7, 11) is 0. The van der Waals surface area contributed by atoms with Crippen molar-refractivity contribution in [2.24, 2.45) is 5.92 Å². The van der Waals surface area contributed by atoms with E-state index < -0.39 is 0 Å². The molecule has 2 aromatic rings. The van der Waals surface area contributed by atoms with Crippen molar-refractivity contribution in [3.8, 4) is 0 Å². The average molecular weight is 446 g/mol. The van der Waals surface area contributed by atoms with Crippen LogP contribution in [0.3, 0.4) is 0 Å². The summed E-state index contributed by atoms with van der Waals surface area (Å²) in [5, 5.41) is 3.05. The number of rotatable bonds is 5. The third-order valence-electron chi connectivity index (χ3n) is 5.82. The fourth-order valence-electron chi connectivity index (χ4n) is 4.32. The van der Waals surface area contributed by atoms with Gasteiger partial charge in [0.15, 0.2) is 0 Å². The van der Waals surface area contributed by atoms with Crippen LogP contribution in [0.2, 0.25) is 0 Å². The maximum absolute atomic E-state index is 12.5. The van der Waals surface area contributed by atoms with Crippen molar-refractivity contribution in [2.45, 2.75) is 47.9 Å². The number of carbonyl (C=O) groups is 1. The van der Waals surface area contributed by atoms with Crippen molar-refractivity contribution in [3.63, 3.8) is 0 Å². The molecule has 1 saturated heterocycles. The Morgan fingerprint density at radius 1 is 1.24 bits per heavy atom. The van der Waals surface area contributed by atoms with E-state index >= 15 is 0 Å². The second-order valence-corrected chi connectivity index (χ2v) is 9.95. The summed E-state index contributed by atoms with van der Waals surface area (Å²) in [5.41, 5.74) is 3.02. The summed E-state index contributed by atoms with van der Waals surface area (Å²) in [6.07, 6.45) is 9.17. The minimum absolute atomic E-state index is 0.0675. The molecule has 1 atom stereocenters. The first kappa shape index (κ1) is 20.9. The Kier molecular flexibility index (Phi) is 6.98. The van der Waals surface area contributed by atoms with E-state index in [-0.39, 0.29) is 11.9 Å². The monoisotopic (exact) mass is 445 g/mol. The summed E-state index contributed by atoms with van der Waals surface area (Å²) in [5.74, 6) is 2.69. The number of hydrogen-bond acceptors (Lipinski definition) is 6. The van der Waals surface area contributed by atoms with E-state index in [1.54, 1.807) is 0 Å². The van der Waals surface area contributed by atoms with Crippen molar-refractivity contribution in [1.29, 1.82) is 0 Å². The third-order valence-corrected chi connectivity index (χ3v) is 7.55. The zero-order valence-electron chi connectivity index (χ0n) is 16.4. The number of hydrogen-bond donors (Lipinski definition) is 3. The molecule has 1 N–H and O–H groups in total. The van der Waals surface area contributed by atoms with Gasteiger partial charge in [-0.2, -0.15) is 11.8 Å². The second-order valence-electron chi connectivity index (χ2n) is 7.83. The largest absolute Gasteiger partial charge is 0.363 e. The topological polar surface area (TPSA) is 45.2 Å². The average Bonchev–Trinajstić information content (AvgIpc) is 3.24. The Morgan fingerprint density at radius 3 is 2.69 bits per heavy atom. The smallest absolute Gasteiger partial charge is 0.224 e. The van der Waals surface area contributed by atoms with Crippen LogP contribution in [0.1, 0.15) is 43.7 Å². The Morgan fingerprint density at radius 2 is 2.00 bits per heavy atom. The number of carbonyl (C=O) groups excluding carboxylic acids is 1. The number of thioether (sulfide) groups is 1. The van der Waals surface area contributed by atoms with Gasteiger partial charge in [0.2, 0.25) is 5.91 Å². The predicted molar refractivity (Wildman–Crippen MR) is 128 cm³/mol. The Bertz CT molecular complexity index is 833. The van der Waals surface area contributed by atoms with Gasteiger partial charge in [-0.3, -0.25) is 9.78 Å². The third kappa shape index (κ3) is 5.06. The molecule has 7 heteroatoms. The molecule has 2 heterocycles. The van der Waals surface area contributed by atoms with Crippen LogP contribution in [-0.2, 0) is 4.79 Å². The van der Waals surface area contributed by atoms with Gasteiger partial charge in [-0.25, -0.2) is 0 Å². The lowest BCUT2D eigenvalue weighted by molar-refractivity contribution is -0.117. The van der Waals surface area contributed by atoms with Crippen molar-refractivity contribution < 1.29 is 4.79 Å². The number of amides is 1. The number of thiol groups is 2. The highest BCUT2D eigenvalue weighted by molar-refractivity contribution is 7.99. The summed E-state index contributed by atoms with van der Waals surface area (Å²) in [6, 6.07) is 8.49. The minimum Gasteiger partial charge on any atom is -0.363 e. The van der Waals surface area contributed by atoms with Crippen molar-refractivity contribution >= 4 is 54.3 Å². The lowest BCUT2D eigenvalue weighted by Gasteiger charge is -2.38. The van der Waals surface area contributed by atoms with Crippen LogP contribution < -0.4 is 10.2 Å². The maximum atomic E-state index is 12.5. The van der Waals surface area contributed by atoms with Gasteiger partial charge >= 0.3 is 0 Å². The van der Waals surface area contributed by atoms with Crippen LogP contribution >= 0.6 is 37.0 Å². The maximum Gasteiger partial charge on any atom is 0.224 e. The SMILES string of the molecule is O=C(CC1CCCC1)Nc1c(S)cc(N2CCSCC2c2cccnc2)cc1S. The standard InChI is InChI=1S/C22H27N3OS3/c26-21(10-15-4-1-2-5-15)24-22-19(27)11-17(12-20(22)28)25-8-9-29-14-18(25)16-6-3-7-23-13-16/h3,6-7,11-13,15,18,27-28H,1-2,4-5,8-10,14H2,(H,24,26). The number of anilines is 2. The lowest BCUT2D eigenvalue weighted by Crippen LogP contribution is -2.36. The molecule has 1 aliphatic heterocycles. The van der Waals surface area contributed by atoms with E-state index in [1.165, 1.54) is 18.4 Å². The molecule has 4 rings (SSSR count). The number of pyridine rings is 1. The van der Waals surface area contributed by atoms with Gasteiger partial charge in [-0.05, 0) is 42.5 Å². The molecule has 1 saturated carbocycles. The molecule has 0 spiro atoms. The zero-order chi connectivity index (χ0) is 20.2. The molecule has 0 radical (unpaired) electrons. The van der Waals surface area contributed by atoms with E-state index in [1.807, 2.05) is 42.4 Å². The van der Waals surface area contributed by atoms with Crippen molar-refractivity contribution in [3.05, 3.63) is 42.2 Å². The molecule has 2 aliphatic rings. The number of aromatic nitrogens is 1. The van der Waals surface area contributed by atoms with Crippen LogP contribution in [-0.4, -0.2) is 28.9 Å². The molecule has 4 nitrogen and oxygen atoms in total. The van der Waals surface area contributed by atoms with Gasteiger partial charge in [0.05, 0.1) is 11.7 Å². The first-order valence-corrected chi connectivity index (χ1v) is 12.3. The number of benzene rings is 1. The fraction of sp³-hybridized carbons (Fsp3) is 0.455. The van der Waals surface area contributed by atoms with Crippen LogP contribution in [0, 0.1) is 5.92 Å². The van der Waals surface area contributed by atoms with Crippen molar-refractivity contribution in [1.82, 2.24) is 4.98 Å². The lowest BCUT2D eigenvalue weighted by atomic mass is 10.0. The van der Waals surface area contributed by atoms with E-state index in [2.05, 4.69) is 46.5 Å². The van der Waals surface area contributed by atoms with Gasteiger partial charge in [0, 0.05) is 52.3 Å². The molecular formula is C22H27N3OS3. The summed E-state index contributed by atoms with van der Waals surface area (Å²) < 4.78 is 0. The van der Waals surface area contributed by atoms with E-state index in [4.69, 9.17) is 0 Å². The van der Waals surface area contributed by atoms with Gasteiger partial charge in [0.1, 0.15) is 0 Å². The highest BCUT2D eigenvalue weighted by atomic mass is 32.2. The molecule has 1 amide bonds. The summed E-state index contributed by atoms with van der Waals surface area (Å²) in [6.45, 7) is 0.956. The molecule has 1 aliphatic carbocycles. The van der Waals surface area contributed by atoms with Gasteiger partial charge in [-0.1, -0.05) is 18.9 Å². The first-order chi connectivity index (χ1) is 14.1. The number of nitrogens with one attached hydrogen (secondary N) is 1. The summed E-state index contributed by atoms with van der Waals surface area (Å²) >= 11 is 11.3. The molecule has 1 unspecified atom stereocenters. The number of nitrogens with zero attached hydrogens (tertiary/aromatic N) is 2. The fourth-order valence-corrected chi connectivity index (χ4v) is 6.11. The van der Waals surface area contributed by atoms with Crippen LogP contribution in [0.5, 0.6) is 0 Å². The van der Waals surface area contributed by atoms with Crippen LogP contribution in [0.15, 0.2) is 46.5 Å². The van der Waals surface area contributed by atoms with Gasteiger partial charge in [0.25, 0.3) is 0 Å². The zero-order valence-corrected chi connectivity index (χ0v) is 19.0. The highest BCUT2D eigenvalue weighted by Crippen LogP contribution is 2.39. The van der Waals surface area contributed by atoms with E-state index in [9.17, 15) is 4.79 Å². The molecule has 1 aromatic heterocycles. The summed E-state index contributed by atoms with van der Waals surface area (Å²) in [4.78, 5) is 20.7. The Balaban J connectivity index is 1.53. The molecule has 0 bridgehead atoms. The normalized spacial score (nSPS) is 20.1. The second kappa shape index (κ2) is 9.67. The van der Waals surface area contributed by atoms with Gasteiger partial charge < -0.3 is 10.2 Å². The molecule has 1 aromatic carbocycles. The molecule has 154 valence electrons. The minimum atomic E-state index is 0.0675. The van der Waals surface area contributed by atoms with Gasteiger partial charge in [-0.15, -0.1) is 25.3 Å². The predicted octanol–water partition coefficient (Wildman–Crippen LogP) is 5.47. The Hall–Kier alpha value is -1.31. The van der Waals surface area contributed by atoms with Crippen LogP contribution in [0.25, 0.3) is 0 Å². The van der Waals surface area contributed by atoms with Crippen molar-refractivity contribution in [2.75, 3.05) is 28.3 Å². The Labute approximate surface area is 188 Å². The molecular weight excluding hydrogens is 418 g/mol. The van der Waals surface area contributed by atoms with E-state index in [0.717, 1.165) is 46.4 Å². The quantitative estimate of drug-likeness (QED) is 0.534. The molecule has 2 fully saturated rings. The first-order valence-electron chi connectivity index (χ1n) is 10.2. The highest BCUT2D eigenvalue weighted by Gasteiger charge is 2.26. The molecule has 29 heavy (non-hydrogen) atoms. The van der Waals surface area contributed by atoms with Crippen LogP contribution in [0.4, 0.5) is 11.4 Å². The van der Waals surface area contributed by atoms with E-state index in [0.29, 0.717) is 18.0 Å².